The van der Waals surface area contributed by atoms with Gasteiger partial charge in [0.25, 0.3) is 11.6 Å². The van der Waals surface area contributed by atoms with Crippen molar-refractivity contribution in [1.29, 1.82) is 0 Å². The molecule has 3 heterocycles. The number of carbonyl (C=O) groups is 2. The van der Waals surface area contributed by atoms with Crippen LogP contribution in [-0.4, -0.2) is 40.1 Å². The number of halogens is 1. The van der Waals surface area contributed by atoms with E-state index in [1.54, 1.807) is 25.1 Å². The first-order chi connectivity index (χ1) is 16.0. The van der Waals surface area contributed by atoms with Crippen LogP contribution < -0.4 is 0 Å². The normalized spacial score (nSPS) is 15.4. The molecule has 4 aromatic rings. The van der Waals surface area contributed by atoms with E-state index in [0.29, 0.717) is 17.5 Å². The third kappa shape index (κ3) is 3.53. The van der Waals surface area contributed by atoms with Gasteiger partial charge in [-0.15, -0.1) is 0 Å². The molecular formula is C25H20FN3O4. The summed E-state index contributed by atoms with van der Waals surface area (Å²) < 4.78 is 24.8. The van der Waals surface area contributed by atoms with Crippen molar-refractivity contribution in [2.75, 3.05) is 7.11 Å². The highest BCUT2D eigenvalue weighted by Crippen LogP contribution is 2.32. The number of ether oxygens (including phenoxy) is 1. The summed E-state index contributed by atoms with van der Waals surface area (Å²) >= 11 is 0. The number of hydrogen-bond acceptors (Lipinski definition) is 6. The van der Waals surface area contributed by atoms with Crippen LogP contribution in [0.25, 0.3) is 22.4 Å². The predicted octanol–water partition coefficient (Wildman–Crippen LogP) is 4.08. The monoisotopic (exact) mass is 445 g/mol. The molecule has 7 nitrogen and oxygen atoms in total. The van der Waals surface area contributed by atoms with E-state index in [4.69, 9.17) is 9.26 Å². The highest BCUT2D eigenvalue weighted by molar-refractivity contribution is 6.08. The number of benzene rings is 2. The van der Waals surface area contributed by atoms with Crippen molar-refractivity contribution < 1.29 is 23.2 Å². The molecule has 0 unspecified atom stereocenters. The minimum Gasteiger partial charge on any atom is -0.467 e. The number of nitrogens with zero attached hydrogens (tertiary/aromatic N) is 3. The van der Waals surface area contributed by atoms with E-state index in [1.807, 2.05) is 24.3 Å². The number of carbonyl (C=O) groups excluding carboxylic acids is 2. The van der Waals surface area contributed by atoms with Crippen molar-refractivity contribution in [3.8, 4) is 11.3 Å². The maximum absolute atomic E-state index is 14.5. The first kappa shape index (κ1) is 20.8. The number of amides is 1. The van der Waals surface area contributed by atoms with Gasteiger partial charge < -0.3 is 14.2 Å². The zero-order chi connectivity index (χ0) is 23.1. The highest BCUT2D eigenvalue weighted by atomic mass is 19.1. The lowest BCUT2D eigenvalue weighted by Crippen LogP contribution is -2.49. The minimum atomic E-state index is -0.794. The van der Waals surface area contributed by atoms with Gasteiger partial charge in [-0.3, -0.25) is 4.79 Å². The Morgan fingerprint density at radius 1 is 1.12 bits per heavy atom. The Kier molecular flexibility index (Phi) is 5.12. The summed E-state index contributed by atoms with van der Waals surface area (Å²) in [5.41, 5.74) is 3.27. The van der Waals surface area contributed by atoms with Gasteiger partial charge in [0.05, 0.1) is 29.4 Å². The Morgan fingerprint density at radius 3 is 2.61 bits per heavy atom. The number of fused-ring (bicyclic) bond motifs is 2. The number of methoxy groups -OCH3 is 1. The van der Waals surface area contributed by atoms with E-state index in [9.17, 15) is 14.0 Å². The van der Waals surface area contributed by atoms with Crippen LogP contribution >= 0.6 is 0 Å². The molecule has 0 radical (unpaired) electrons. The fraction of sp³-hybridized carbons (Fsp3) is 0.200. The zero-order valence-electron chi connectivity index (χ0n) is 18.0. The van der Waals surface area contributed by atoms with Gasteiger partial charge in [-0.2, -0.15) is 0 Å². The number of hydrogen-bond donors (Lipinski definition) is 0. The topological polar surface area (TPSA) is 85.5 Å². The smallest absolute Gasteiger partial charge is 0.328 e. The molecule has 2 aromatic carbocycles. The number of aromatic nitrogens is 2. The average Bonchev–Trinajstić information content (AvgIpc) is 3.22. The predicted molar refractivity (Wildman–Crippen MR) is 118 cm³/mol. The minimum absolute atomic E-state index is 0.128. The van der Waals surface area contributed by atoms with Gasteiger partial charge in [-0.25, -0.2) is 14.2 Å². The Morgan fingerprint density at radius 2 is 1.85 bits per heavy atom. The van der Waals surface area contributed by atoms with Crippen molar-refractivity contribution in [2.45, 2.75) is 25.9 Å². The van der Waals surface area contributed by atoms with Gasteiger partial charge in [0, 0.05) is 18.5 Å². The molecule has 1 atom stereocenters. The molecule has 0 saturated heterocycles. The van der Waals surface area contributed by atoms with Crippen LogP contribution in [0, 0.1) is 12.7 Å². The fourth-order valence-corrected chi connectivity index (χ4v) is 4.31. The summed E-state index contributed by atoms with van der Waals surface area (Å²) in [7, 11) is 1.30. The molecule has 0 spiro atoms. The largest absolute Gasteiger partial charge is 0.467 e. The molecule has 8 heteroatoms. The molecule has 0 saturated carbocycles. The van der Waals surface area contributed by atoms with Crippen LogP contribution in [0.5, 0.6) is 0 Å². The summed E-state index contributed by atoms with van der Waals surface area (Å²) in [4.78, 5) is 32.4. The van der Waals surface area contributed by atoms with Gasteiger partial charge in [0.15, 0.2) is 0 Å². The van der Waals surface area contributed by atoms with E-state index in [2.05, 4.69) is 10.1 Å². The van der Waals surface area contributed by atoms with Crippen molar-refractivity contribution >= 4 is 23.0 Å². The Hall–Kier alpha value is -4.07. The molecule has 2 aromatic heterocycles. The van der Waals surface area contributed by atoms with E-state index in [1.165, 1.54) is 24.1 Å². The summed E-state index contributed by atoms with van der Waals surface area (Å²) in [5, 5.41) is 4.39. The standard InChI is InChI=1S/C25H20FN3O4/c1-14-22-18(12-20(27-23(22)33-28-14)17-9-5-6-10-19(17)26)24(30)29-13-16-8-4-3-7-15(16)11-21(29)25(31)32-2/h3-10,12,21H,11,13H2,1-2H3/t21-/m0/s1. The second-order valence-corrected chi connectivity index (χ2v) is 7.93. The first-order valence-corrected chi connectivity index (χ1v) is 10.5. The van der Waals surface area contributed by atoms with Crippen molar-refractivity contribution in [3.63, 3.8) is 0 Å². The van der Waals surface area contributed by atoms with Crippen LogP contribution in [-0.2, 0) is 22.5 Å². The molecular weight excluding hydrogens is 425 g/mol. The van der Waals surface area contributed by atoms with Gasteiger partial charge in [-0.1, -0.05) is 41.6 Å². The zero-order valence-corrected chi connectivity index (χ0v) is 18.0. The van der Waals surface area contributed by atoms with Crippen LogP contribution in [0.2, 0.25) is 0 Å². The van der Waals surface area contributed by atoms with Crippen molar-refractivity contribution in [1.82, 2.24) is 15.0 Å². The summed E-state index contributed by atoms with van der Waals surface area (Å²) in [6, 6.07) is 14.6. The molecule has 1 aliphatic rings. The van der Waals surface area contributed by atoms with Crippen LogP contribution in [0.15, 0.2) is 59.1 Å². The molecule has 5 rings (SSSR count). The number of aryl methyl sites for hydroxylation is 1. The van der Waals surface area contributed by atoms with E-state index >= 15 is 0 Å². The maximum Gasteiger partial charge on any atom is 0.328 e. The third-order valence-corrected chi connectivity index (χ3v) is 5.98. The Balaban J connectivity index is 1.66. The lowest BCUT2D eigenvalue weighted by molar-refractivity contribution is -0.146. The number of esters is 1. The lowest BCUT2D eigenvalue weighted by Gasteiger charge is -2.35. The molecule has 0 aliphatic carbocycles. The summed E-state index contributed by atoms with van der Waals surface area (Å²) in [6.07, 6.45) is 0.339. The van der Waals surface area contributed by atoms with Gasteiger partial charge in [0.1, 0.15) is 11.9 Å². The lowest BCUT2D eigenvalue weighted by atomic mass is 9.93. The quantitative estimate of drug-likeness (QED) is 0.442. The Labute approximate surface area is 188 Å². The summed E-state index contributed by atoms with van der Waals surface area (Å²) in [5.74, 6) is -1.38. The second kappa shape index (κ2) is 8.12. The van der Waals surface area contributed by atoms with Crippen molar-refractivity contribution in [2.24, 2.45) is 0 Å². The number of rotatable bonds is 3. The maximum atomic E-state index is 14.5. The van der Waals surface area contributed by atoms with E-state index in [-0.39, 0.29) is 29.1 Å². The van der Waals surface area contributed by atoms with Crippen molar-refractivity contribution in [3.05, 3.63) is 82.8 Å². The molecule has 0 fully saturated rings. The van der Waals surface area contributed by atoms with E-state index in [0.717, 1.165) is 11.1 Å². The second-order valence-electron chi connectivity index (χ2n) is 7.93. The Bertz CT molecular complexity index is 1400. The fourth-order valence-electron chi connectivity index (χ4n) is 4.31. The molecule has 1 amide bonds. The molecule has 0 N–H and O–H groups in total. The first-order valence-electron chi connectivity index (χ1n) is 10.5. The van der Waals surface area contributed by atoms with Crippen LogP contribution in [0.1, 0.15) is 27.2 Å². The molecule has 0 bridgehead atoms. The molecule has 166 valence electrons. The van der Waals surface area contributed by atoms with Gasteiger partial charge in [0.2, 0.25) is 0 Å². The van der Waals surface area contributed by atoms with E-state index < -0.39 is 23.7 Å². The third-order valence-electron chi connectivity index (χ3n) is 5.98. The number of pyridine rings is 1. The SMILES string of the molecule is COC(=O)[C@@H]1Cc2ccccc2CN1C(=O)c1cc(-c2ccccc2F)nc2onc(C)c12. The molecule has 1 aliphatic heterocycles. The highest BCUT2D eigenvalue weighted by Gasteiger charge is 2.37. The van der Waals surface area contributed by atoms with Gasteiger partial charge in [-0.05, 0) is 36.2 Å². The molecule has 33 heavy (non-hydrogen) atoms. The van der Waals surface area contributed by atoms with Crippen LogP contribution in [0.4, 0.5) is 4.39 Å². The van der Waals surface area contributed by atoms with Gasteiger partial charge >= 0.3 is 5.97 Å². The summed E-state index contributed by atoms with van der Waals surface area (Å²) in [6.45, 7) is 1.94. The average molecular weight is 445 g/mol. The van der Waals surface area contributed by atoms with Crippen LogP contribution in [0.3, 0.4) is 0 Å².